The van der Waals surface area contributed by atoms with Crippen molar-refractivity contribution in [1.82, 2.24) is 4.90 Å². The number of methoxy groups -OCH3 is 3. The number of hydrogen-bond acceptors (Lipinski definition) is 12. The second kappa shape index (κ2) is 21.1. The Bertz CT molecular complexity index is 1450. The van der Waals surface area contributed by atoms with Gasteiger partial charge in [-0.15, -0.1) is 0 Å². The van der Waals surface area contributed by atoms with Gasteiger partial charge in [-0.05, 0) is 95.5 Å². The van der Waals surface area contributed by atoms with E-state index < -0.39 is 83.9 Å². The predicted octanol–water partition coefficient (Wildman–Crippen LogP) is 4.86. The van der Waals surface area contributed by atoms with Crippen molar-refractivity contribution in [1.29, 1.82) is 0 Å². The molecule has 1 saturated carbocycles. The third-order valence-corrected chi connectivity index (χ3v) is 13.1. The smallest absolute Gasteiger partial charge is 0.329 e. The molecule has 3 N–H and O–H groups in total. The first-order chi connectivity index (χ1) is 27.0. The fourth-order valence-electron chi connectivity index (χ4n) is 9.60. The molecule has 2 saturated heterocycles. The van der Waals surface area contributed by atoms with E-state index in [1.54, 1.807) is 21.0 Å². The topological polar surface area (TPSA) is 178 Å². The summed E-state index contributed by atoms with van der Waals surface area (Å²) >= 11 is 0. The van der Waals surface area contributed by atoms with Crippen LogP contribution in [0.25, 0.3) is 0 Å². The summed E-state index contributed by atoms with van der Waals surface area (Å²) in [6, 6.07) is -1.13. The first-order valence-corrected chi connectivity index (χ1v) is 21.3. The summed E-state index contributed by atoms with van der Waals surface area (Å²) in [6.45, 7) is 11.4. The van der Waals surface area contributed by atoms with Crippen LogP contribution in [0, 0.1) is 29.6 Å². The summed E-state index contributed by atoms with van der Waals surface area (Å²) < 4.78 is 29.8. The molecule has 14 atom stereocenters. The Morgan fingerprint density at radius 1 is 0.912 bits per heavy atom. The highest BCUT2D eigenvalue weighted by Gasteiger charge is 2.56. The van der Waals surface area contributed by atoms with Crippen molar-refractivity contribution in [2.75, 3.05) is 27.9 Å². The van der Waals surface area contributed by atoms with E-state index in [0.717, 1.165) is 12.0 Å². The number of fused-ring (bicyclic) bond motifs is 3. The molecule has 3 fully saturated rings. The zero-order valence-corrected chi connectivity index (χ0v) is 35.8. The number of hydrogen-bond donors (Lipinski definition) is 3. The molecular formula is C44H71NO12. The molecule has 13 nitrogen and oxygen atoms in total. The van der Waals surface area contributed by atoms with Crippen molar-refractivity contribution >= 4 is 23.4 Å². The zero-order valence-electron chi connectivity index (χ0n) is 35.8. The highest BCUT2D eigenvalue weighted by molar-refractivity contribution is 6.39. The average Bonchev–Trinajstić information content (AvgIpc) is 3.18. The van der Waals surface area contributed by atoms with E-state index in [9.17, 15) is 34.5 Å². The fourth-order valence-corrected chi connectivity index (χ4v) is 9.60. The van der Waals surface area contributed by atoms with Crippen LogP contribution in [0.2, 0.25) is 0 Å². The maximum atomic E-state index is 14.3. The number of allylic oxidation sites excluding steroid dienone is 3. The Labute approximate surface area is 339 Å². The highest BCUT2D eigenvalue weighted by atomic mass is 16.7. The number of piperidine rings is 1. The largest absolute Gasteiger partial charge is 0.456 e. The third-order valence-electron chi connectivity index (χ3n) is 13.1. The van der Waals surface area contributed by atoms with Gasteiger partial charge in [0.05, 0.1) is 30.5 Å². The summed E-state index contributed by atoms with van der Waals surface area (Å²) in [7, 11) is 4.64. The van der Waals surface area contributed by atoms with Gasteiger partial charge in [0.15, 0.2) is 0 Å². The van der Waals surface area contributed by atoms with Gasteiger partial charge in [0.25, 0.3) is 11.7 Å². The van der Waals surface area contributed by atoms with Gasteiger partial charge in [-0.2, -0.15) is 0 Å². The minimum Gasteiger partial charge on any atom is -0.456 e. The van der Waals surface area contributed by atoms with E-state index in [0.29, 0.717) is 56.9 Å². The van der Waals surface area contributed by atoms with E-state index in [1.165, 1.54) is 19.1 Å². The maximum absolute atomic E-state index is 14.3. The van der Waals surface area contributed by atoms with Crippen LogP contribution in [0.15, 0.2) is 23.3 Å². The van der Waals surface area contributed by atoms with E-state index >= 15 is 0 Å². The quantitative estimate of drug-likeness (QED) is 0.181. The number of carbonyl (C=O) groups excluding carboxylic acids is 4. The summed E-state index contributed by atoms with van der Waals surface area (Å²) in [5.74, 6) is -7.46. The fraction of sp³-hybridized carbons (Fsp3) is 0.818. The van der Waals surface area contributed by atoms with Crippen LogP contribution in [-0.4, -0.2) is 126 Å². The second-order valence-electron chi connectivity index (χ2n) is 17.5. The number of amides is 1. The van der Waals surface area contributed by atoms with E-state index in [4.69, 9.17) is 23.7 Å². The monoisotopic (exact) mass is 805 g/mol. The number of ether oxygens (including phenoxy) is 5. The van der Waals surface area contributed by atoms with Crippen molar-refractivity contribution in [3.63, 3.8) is 0 Å². The molecule has 2 bridgehead atoms. The first kappa shape index (κ1) is 47.2. The number of aliphatic hydroxyl groups is 3. The van der Waals surface area contributed by atoms with Crippen LogP contribution in [0.4, 0.5) is 0 Å². The first-order valence-electron chi connectivity index (χ1n) is 21.3. The molecule has 0 radical (unpaired) electrons. The zero-order chi connectivity index (χ0) is 42.2. The van der Waals surface area contributed by atoms with Crippen LogP contribution >= 0.6 is 0 Å². The van der Waals surface area contributed by atoms with Crippen molar-refractivity contribution < 1.29 is 58.2 Å². The van der Waals surface area contributed by atoms with Gasteiger partial charge in [-0.1, -0.05) is 51.8 Å². The lowest BCUT2D eigenvalue weighted by molar-refractivity contribution is -0.302. The molecule has 1 unspecified atom stereocenters. The minimum absolute atomic E-state index is 0.000416. The molecule has 0 aromatic rings. The van der Waals surface area contributed by atoms with Crippen molar-refractivity contribution in [2.45, 2.75) is 173 Å². The Morgan fingerprint density at radius 3 is 2.23 bits per heavy atom. The molecule has 0 aromatic carbocycles. The van der Waals surface area contributed by atoms with E-state index in [1.807, 2.05) is 32.9 Å². The number of ketones is 2. The molecule has 3 aliphatic heterocycles. The summed E-state index contributed by atoms with van der Waals surface area (Å²) in [6.07, 6.45) is 4.60. The van der Waals surface area contributed by atoms with Crippen molar-refractivity contribution in [2.24, 2.45) is 29.6 Å². The molecule has 1 amide bonds. The maximum Gasteiger partial charge on any atom is 0.329 e. The van der Waals surface area contributed by atoms with Crippen LogP contribution in [0.5, 0.6) is 0 Å². The normalized spacial score (nSPS) is 41.1. The van der Waals surface area contributed by atoms with Gasteiger partial charge in [0.2, 0.25) is 5.79 Å². The van der Waals surface area contributed by atoms with E-state index in [2.05, 4.69) is 6.92 Å². The lowest BCUT2D eigenvalue weighted by Gasteiger charge is -2.47. The van der Waals surface area contributed by atoms with Gasteiger partial charge < -0.3 is 43.9 Å². The van der Waals surface area contributed by atoms with Gasteiger partial charge in [0.1, 0.15) is 24.0 Å². The van der Waals surface area contributed by atoms with Gasteiger partial charge >= 0.3 is 5.97 Å². The van der Waals surface area contributed by atoms with E-state index in [-0.39, 0.29) is 49.5 Å². The number of nitrogens with zero attached hydrogens (tertiary/aromatic N) is 1. The summed E-state index contributed by atoms with van der Waals surface area (Å²) in [5.41, 5.74) is 1.67. The Balaban J connectivity index is 1.77. The molecule has 4 aliphatic rings. The van der Waals surface area contributed by atoms with Crippen LogP contribution in [0.3, 0.4) is 0 Å². The third kappa shape index (κ3) is 11.4. The van der Waals surface area contributed by atoms with Gasteiger partial charge in [0, 0.05) is 52.0 Å². The second-order valence-corrected chi connectivity index (χ2v) is 17.5. The molecule has 0 aromatic heterocycles. The molecule has 57 heavy (non-hydrogen) atoms. The molecule has 0 spiro atoms. The minimum atomic E-state index is -2.50. The summed E-state index contributed by atoms with van der Waals surface area (Å²) in [5, 5.41) is 34.2. The molecule has 13 heteroatoms. The number of rotatable bonds is 7. The van der Waals surface area contributed by atoms with Crippen LogP contribution in [-0.2, 0) is 42.9 Å². The Kier molecular flexibility index (Phi) is 17.5. The number of aliphatic hydroxyl groups excluding tert-OH is 2. The van der Waals surface area contributed by atoms with Gasteiger partial charge in [-0.3, -0.25) is 14.4 Å². The molecule has 4 rings (SSSR count). The standard InChI is InChI=1S/C44H71NO12/c1-10-13-31-19-25(2)18-26(3)20-37(54-8)40-38(55-9)22-28(5)44(52,57-40)41(49)42(50)45-17-12-11-14-32(45)43(51)56-39(29(6)34(47)24-35(31)48)27(4)21-30-15-16-33(46)36(23-30)53-7/h19,21,26,28-34,36-40,46-47,52H,10-18,20,22-24H2,1-9H3/b25-19+,27-21+/t26-,28+,29+,30-,31+,32-,33+,34-,36+,37-,38-,39?,40+,44+/m0/s1. The lowest BCUT2D eigenvalue weighted by atomic mass is 9.81. The number of carbonyl (C=O) groups is 4. The number of Topliss-reactive ketones (excluding diaryl/α,β-unsaturated/α-hetero) is 2. The molecular weight excluding hydrogens is 734 g/mol. The molecule has 324 valence electrons. The predicted molar refractivity (Wildman–Crippen MR) is 213 cm³/mol. The molecule has 3 heterocycles. The lowest BCUT2D eigenvalue weighted by Crippen LogP contribution is -2.64. The summed E-state index contributed by atoms with van der Waals surface area (Å²) in [4.78, 5) is 57.9. The Morgan fingerprint density at radius 2 is 1.58 bits per heavy atom. The Hall–Kier alpha value is -2.52. The van der Waals surface area contributed by atoms with Crippen LogP contribution < -0.4 is 0 Å². The average molecular weight is 806 g/mol. The van der Waals surface area contributed by atoms with Crippen molar-refractivity contribution in [3.05, 3.63) is 23.3 Å². The van der Waals surface area contributed by atoms with Crippen molar-refractivity contribution in [3.8, 4) is 0 Å². The highest BCUT2D eigenvalue weighted by Crippen LogP contribution is 2.39. The van der Waals surface area contributed by atoms with Crippen LogP contribution in [0.1, 0.15) is 119 Å². The van der Waals surface area contributed by atoms with Gasteiger partial charge in [-0.25, -0.2) is 4.79 Å². The SMILES string of the molecule is CCC[C@@H]1/C=C(\C)C[C@H](C)C[C@H](OC)[C@H]2O[C@@](O)(C(=O)C(=O)N3CCCC[C@H]3C(=O)OC(/C(C)=C/[C@@H]3CC[C@@H](O)[C@H](OC)C3)[C@H](C)[C@@H](O)CC1=O)[C@H](C)C[C@@H]2OC. The molecule has 1 aliphatic carbocycles. The number of cyclic esters (lactones) is 1. The number of esters is 1.